The van der Waals surface area contributed by atoms with Gasteiger partial charge in [-0.2, -0.15) is 8.42 Å². The normalized spacial score (nSPS) is 16.6. The second-order valence-electron chi connectivity index (χ2n) is 4.73. The average Bonchev–Trinajstić information content (AvgIpc) is 2.39. The van der Waals surface area contributed by atoms with Crippen molar-refractivity contribution in [1.29, 1.82) is 0 Å². The molecule has 0 radical (unpaired) electrons. The van der Waals surface area contributed by atoms with Crippen molar-refractivity contribution >= 4 is 15.8 Å². The number of nitrogens with one attached hydrogen (secondary N) is 1. The Morgan fingerprint density at radius 1 is 1.32 bits per heavy atom. The van der Waals surface area contributed by atoms with Crippen LogP contribution in [0.25, 0.3) is 0 Å². The maximum Gasteiger partial charge on any atom is 0.296 e. The van der Waals surface area contributed by atoms with E-state index in [4.69, 9.17) is 0 Å². The van der Waals surface area contributed by atoms with Gasteiger partial charge < -0.3 is 10.2 Å². The van der Waals surface area contributed by atoms with E-state index in [1.807, 2.05) is 11.0 Å². The van der Waals surface area contributed by atoms with Crippen LogP contribution in [-0.2, 0) is 16.5 Å². The summed E-state index contributed by atoms with van der Waals surface area (Å²) in [5, 5.41) is 3.24. The minimum absolute atomic E-state index is 0.0281. The van der Waals surface area contributed by atoms with Crippen molar-refractivity contribution in [3.63, 3.8) is 0 Å². The van der Waals surface area contributed by atoms with Crippen LogP contribution in [0.1, 0.15) is 18.9 Å². The number of hydrogen-bond acceptors (Lipinski definition) is 4. The van der Waals surface area contributed by atoms with Crippen LogP contribution < -0.4 is 10.2 Å². The molecule has 19 heavy (non-hydrogen) atoms. The number of piperazine rings is 1. The summed E-state index contributed by atoms with van der Waals surface area (Å²) in [4.78, 5) is 2.07. The van der Waals surface area contributed by atoms with Gasteiger partial charge in [-0.1, -0.05) is 25.5 Å². The third kappa shape index (κ3) is 3.26. The first kappa shape index (κ1) is 14.3. The molecule has 2 rings (SSSR count). The van der Waals surface area contributed by atoms with Crippen LogP contribution in [0.15, 0.2) is 23.1 Å². The molecule has 1 saturated heterocycles. The first-order valence-corrected chi connectivity index (χ1v) is 8.03. The van der Waals surface area contributed by atoms with Gasteiger partial charge in [0.15, 0.2) is 0 Å². The smallest absolute Gasteiger partial charge is 0.296 e. The lowest BCUT2D eigenvalue weighted by molar-refractivity contribution is 0.482. The number of benzene rings is 1. The Balaban J connectivity index is 2.51. The maximum absolute atomic E-state index is 11.6. The minimum atomic E-state index is -4.19. The standard InChI is InChI=1S/C13H20N2O3S/c1-2-4-11-5-3-6-12(19(16,17)18)13(11)15-9-7-14-8-10-15/h3,5-6,14H,2,4,7-10H2,1H3,(H,16,17,18). The van der Waals surface area contributed by atoms with Gasteiger partial charge in [0.2, 0.25) is 0 Å². The van der Waals surface area contributed by atoms with E-state index in [1.165, 1.54) is 6.07 Å². The van der Waals surface area contributed by atoms with Gasteiger partial charge >= 0.3 is 0 Å². The molecule has 2 N–H and O–H groups in total. The molecule has 0 bridgehead atoms. The van der Waals surface area contributed by atoms with Gasteiger partial charge in [0.25, 0.3) is 10.1 Å². The molecule has 0 aliphatic carbocycles. The second kappa shape index (κ2) is 5.90. The van der Waals surface area contributed by atoms with Gasteiger partial charge in [0, 0.05) is 26.2 Å². The third-order valence-corrected chi connectivity index (χ3v) is 4.20. The summed E-state index contributed by atoms with van der Waals surface area (Å²) in [5.41, 5.74) is 1.66. The van der Waals surface area contributed by atoms with Crippen LogP contribution >= 0.6 is 0 Å². The van der Waals surface area contributed by atoms with E-state index in [0.717, 1.165) is 44.6 Å². The lowest BCUT2D eigenvalue weighted by atomic mass is 10.1. The van der Waals surface area contributed by atoms with Crippen molar-refractivity contribution in [3.05, 3.63) is 23.8 Å². The molecule has 0 amide bonds. The van der Waals surface area contributed by atoms with Crippen molar-refractivity contribution in [3.8, 4) is 0 Å². The highest BCUT2D eigenvalue weighted by molar-refractivity contribution is 7.86. The topological polar surface area (TPSA) is 69.6 Å². The highest BCUT2D eigenvalue weighted by Crippen LogP contribution is 2.30. The molecule has 0 atom stereocenters. The van der Waals surface area contributed by atoms with Crippen molar-refractivity contribution < 1.29 is 13.0 Å². The molecule has 1 aliphatic heterocycles. The molecule has 106 valence electrons. The number of nitrogens with zero attached hydrogens (tertiary/aromatic N) is 1. The Kier molecular flexibility index (Phi) is 4.44. The van der Waals surface area contributed by atoms with E-state index in [1.54, 1.807) is 6.07 Å². The summed E-state index contributed by atoms with van der Waals surface area (Å²) >= 11 is 0. The number of hydrogen-bond donors (Lipinski definition) is 2. The third-order valence-electron chi connectivity index (χ3n) is 3.31. The summed E-state index contributed by atoms with van der Waals surface area (Å²) in [6.07, 6.45) is 1.75. The fraction of sp³-hybridized carbons (Fsp3) is 0.538. The van der Waals surface area contributed by atoms with Crippen LogP contribution in [-0.4, -0.2) is 39.1 Å². The van der Waals surface area contributed by atoms with Gasteiger partial charge in [0.05, 0.1) is 5.69 Å². The van der Waals surface area contributed by atoms with Crippen molar-refractivity contribution in [2.75, 3.05) is 31.1 Å². The summed E-state index contributed by atoms with van der Waals surface area (Å²) < 4.78 is 32.6. The molecular formula is C13H20N2O3S. The predicted octanol–water partition coefficient (Wildman–Crippen LogP) is 1.30. The Morgan fingerprint density at radius 3 is 2.58 bits per heavy atom. The lowest BCUT2D eigenvalue weighted by Crippen LogP contribution is -2.44. The van der Waals surface area contributed by atoms with Crippen LogP contribution in [0.4, 0.5) is 5.69 Å². The fourth-order valence-corrected chi connectivity index (χ4v) is 3.25. The molecule has 1 aliphatic rings. The Bertz CT molecular complexity index is 537. The molecule has 0 spiro atoms. The molecule has 1 aromatic carbocycles. The van der Waals surface area contributed by atoms with E-state index in [0.29, 0.717) is 5.69 Å². The zero-order valence-corrected chi connectivity index (χ0v) is 11.9. The van der Waals surface area contributed by atoms with Crippen molar-refractivity contribution in [2.24, 2.45) is 0 Å². The van der Waals surface area contributed by atoms with Crippen molar-refractivity contribution in [2.45, 2.75) is 24.7 Å². The van der Waals surface area contributed by atoms with Gasteiger partial charge in [-0.15, -0.1) is 0 Å². The van der Waals surface area contributed by atoms with E-state index in [2.05, 4.69) is 12.2 Å². The maximum atomic E-state index is 11.6. The average molecular weight is 284 g/mol. The van der Waals surface area contributed by atoms with E-state index in [9.17, 15) is 13.0 Å². The molecular weight excluding hydrogens is 264 g/mol. The summed E-state index contributed by atoms with van der Waals surface area (Å²) in [6.45, 7) is 5.21. The Morgan fingerprint density at radius 2 is 2.00 bits per heavy atom. The molecule has 0 aromatic heterocycles. The SMILES string of the molecule is CCCc1cccc(S(=O)(=O)O)c1N1CCNCC1. The highest BCUT2D eigenvalue weighted by atomic mass is 32.2. The molecule has 1 aromatic rings. The lowest BCUT2D eigenvalue weighted by Gasteiger charge is -2.32. The fourth-order valence-electron chi connectivity index (χ4n) is 2.49. The minimum Gasteiger partial charge on any atom is -0.368 e. The molecule has 1 heterocycles. The summed E-state index contributed by atoms with van der Waals surface area (Å²) in [7, 11) is -4.19. The Hall–Kier alpha value is -1.11. The summed E-state index contributed by atoms with van der Waals surface area (Å²) in [6, 6.07) is 5.11. The molecule has 0 saturated carbocycles. The van der Waals surface area contributed by atoms with Gasteiger partial charge in [-0.3, -0.25) is 4.55 Å². The quantitative estimate of drug-likeness (QED) is 0.816. The number of anilines is 1. The largest absolute Gasteiger partial charge is 0.368 e. The molecule has 5 nitrogen and oxygen atoms in total. The van der Waals surface area contributed by atoms with E-state index in [-0.39, 0.29) is 4.90 Å². The van der Waals surface area contributed by atoms with E-state index >= 15 is 0 Å². The van der Waals surface area contributed by atoms with Gasteiger partial charge in [0.1, 0.15) is 4.90 Å². The molecule has 0 unspecified atom stereocenters. The Labute approximate surface area is 114 Å². The molecule has 1 fully saturated rings. The highest BCUT2D eigenvalue weighted by Gasteiger charge is 2.23. The van der Waals surface area contributed by atoms with Crippen LogP contribution in [0.3, 0.4) is 0 Å². The zero-order chi connectivity index (χ0) is 13.9. The van der Waals surface area contributed by atoms with Gasteiger partial charge in [-0.05, 0) is 18.1 Å². The number of aryl methyl sites for hydroxylation is 1. The van der Waals surface area contributed by atoms with Crippen LogP contribution in [0.5, 0.6) is 0 Å². The first-order chi connectivity index (χ1) is 9.04. The monoisotopic (exact) mass is 284 g/mol. The van der Waals surface area contributed by atoms with Crippen LogP contribution in [0, 0.1) is 0 Å². The van der Waals surface area contributed by atoms with Gasteiger partial charge in [-0.25, -0.2) is 0 Å². The van der Waals surface area contributed by atoms with E-state index < -0.39 is 10.1 Å². The van der Waals surface area contributed by atoms with Crippen molar-refractivity contribution in [1.82, 2.24) is 5.32 Å². The molecule has 6 heteroatoms. The first-order valence-electron chi connectivity index (χ1n) is 6.59. The number of rotatable bonds is 4. The van der Waals surface area contributed by atoms with Crippen LogP contribution in [0.2, 0.25) is 0 Å². The summed E-state index contributed by atoms with van der Waals surface area (Å²) in [5.74, 6) is 0. The predicted molar refractivity (Wildman–Crippen MR) is 75.3 cm³/mol. The second-order valence-corrected chi connectivity index (χ2v) is 6.12. The number of para-hydroxylation sites is 1. The zero-order valence-electron chi connectivity index (χ0n) is 11.1.